The minimum Gasteiger partial charge on any atom is -0.315 e. The predicted octanol–water partition coefficient (Wildman–Crippen LogP) is 3.46. The average molecular weight is 429 g/mol. The lowest BCUT2D eigenvalue weighted by atomic mass is 10.1. The standard InChI is InChI=1S/C22H24N2O3S2/c1-14-5-4-6-17(9-14)11-21(25)23-22-24(18-10-15(2)7-8-16(18)3)19-12-29(26,27)13-20(19)28-22/h4-10,19-20H,11-13H2,1-3H3/t19-,20+/m0/s1. The van der Waals surface area contributed by atoms with Crippen LogP contribution in [0, 0.1) is 20.8 Å². The van der Waals surface area contributed by atoms with Gasteiger partial charge in [-0.2, -0.15) is 4.99 Å². The number of nitrogens with zero attached hydrogens (tertiary/aromatic N) is 2. The van der Waals surface area contributed by atoms with E-state index in [-0.39, 0.29) is 35.1 Å². The summed E-state index contributed by atoms with van der Waals surface area (Å²) in [6, 6.07) is 13.8. The first kappa shape index (κ1) is 20.2. The first-order chi connectivity index (χ1) is 13.7. The maximum atomic E-state index is 12.7. The highest BCUT2D eigenvalue weighted by atomic mass is 32.2. The Morgan fingerprint density at radius 3 is 2.62 bits per heavy atom. The number of amides is 1. The van der Waals surface area contributed by atoms with Crippen LogP contribution in [0.2, 0.25) is 0 Å². The second-order valence-corrected chi connectivity index (χ2v) is 11.3. The van der Waals surface area contributed by atoms with Crippen LogP contribution in [-0.2, 0) is 21.1 Å². The number of anilines is 1. The van der Waals surface area contributed by atoms with Gasteiger partial charge in [0.25, 0.3) is 5.91 Å². The van der Waals surface area contributed by atoms with E-state index in [1.165, 1.54) is 11.8 Å². The molecule has 2 aliphatic rings. The number of aryl methyl sites for hydroxylation is 3. The Labute approximate surface area is 176 Å². The van der Waals surface area contributed by atoms with Gasteiger partial charge in [0.1, 0.15) is 0 Å². The zero-order chi connectivity index (χ0) is 20.8. The summed E-state index contributed by atoms with van der Waals surface area (Å²) in [4.78, 5) is 19.1. The maximum Gasteiger partial charge on any atom is 0.252 e. The molecule has 2 atom stereocenters. The molecule has 0 saturated carbocycles. The Hall–Kier alpha value is -2.12. The van der Waals surface area contributed by atoms with Crippen LogP contribution in [0.1, 0.15) is 22.3 Å². The third kappa shape index (κ3) is 4.26. The number of rotatable bonds is 3. The van der Waals surface area contributed by atoms with E-state index in [9.17, 15) is 13.2 Å². The Morgan fingerprint density at radius 1 is 1.10 bits per heavy atom. The van der Waals surface area contributed by atoms with Gasteiger partial charge in [0.2, 0.25) is 0 Å². The summed E-state index contributed by atoms with van der Waals surface area (Å²) in [7, 11) is -3.08. The molecule has 0 radical (unpaired) electrons. The first-order valence-electron chi connectivity index (χ1n) is 9.62. The van der Waals surface area contributed by atoms with Gasteiger partial charge in [-0.3, -0.25) is 4.79 Å². The molecular weight excluding hydrogens is 404 g/mol. The van der Waals surface area contributed by atoms with E-state index in [4.69, 9.17) is 0 Å². The molecule has 2 aromatic rings. The number of sulfone groups is 1. The number of hydrogen-bond donors (Lipinski definition) is 0. The number of aliphatic imine (C=N–C) groups is 1. The lowest BCUT2D eigenvalue weighted by molar-refractivity contribution is -0.117. The fraction of sp³-hybridized carbons (Fsp3) is 0.364. The number of carbonyl (C=O) groups is 1. The second-order valence-electron chi connectivity index (χ2n) is 7.91. The number of benzene rings is 2. The molecule has 0 aromatic heterocycles. The summed E-state index contributed by atoms with van der Waals surface area (Å²) in [5.74, 6) is 0.0222. The van der Waals surface area contributed by atoms with Crippen molar-refractivity contribution in [1.29, 1.82) is 0 Å². The SMILES string of the molecule is Cc1cccc(CC(=O)N=C2S[C@@H]3CS(=O)(=O)C[C@@H]3N2c2cc(C)ccc2C)c1. The van der Waals surface area contributed by atoms with Crippen molar-refractivity contribution in [1.82, 2.24) is 0 Å². The Balaban J connectivity index is 1.68. The summed E-state index contributed by atoms with van der Waals surface area (Å²) in [5, 5.41) is 0.520. The molecule has 2 aromatic carbocycles. The molecule has 0 N–H and O–H groups in total. The minimum absolute atomic E-state index is 0.0922. The number of carbonyl (C=O) groups excluding carboxylic acids is 1. The molecule has 7 heteroatoms. The maximum absolute atomic E-state index is 12.7. The Kier molecular flexibility index (Phi) is 5.29. The highest BCUT2D eigenvalue weighted by Crippen LogP contribution is 2.42. The summed E-state index contributed by atoms with van der Waals surface area (Å²) < 4.78 is 24.5. The van der Waals surface area contributed by atoms with Gasteiger partial charge < -0.3 is 4.90 Å². The van der Waals surface area contributed by atoms with Crippen molar-refractivity contribution in [2.45, 2.75) is 38.5 Å². The summed E-state index contributed by atoms with van der Waals surface area (Å²) in [6.45, 7) is 6.01. The van der Waals surface area contributed by atoms with Crippen molar-refractivity contribution in [2.75, 3.05) is 16.4 Å². The zero-order valence-electron chi connectivity index (χ0n) is 16.8. The summed E-state index contributed by atoms with van der Waals surface area (Å²) in [5.41, 5.74) is 5.10. The van der Waals surface area contributed by atoms with Gasteiger partial charge in [0.05, 0.1) is 24.0 Å². The van der Waals surface area contributed by atoms with E-state index in [1.54, 1.807) is 0 Å². The third-order valence-corrected chi connectivity index (χ3v) is 8.56. The molecule has 5 nitrogen and oxygen atoms in total. The molecule has 2 saturated heterocycles. The van der Waals surface area contributed by atoms with Gasteiger partial charge in [-0.1, -0.05) is 53.7 Å². The molecule has 0 aliphatic carbocycles. The van der Waals surface area contributed by atoms with Gasteiger partial charge in [-0.25, -0.2) is 8.42 Å². The fourth-order valence-electron chi connectivity index (χ4n) is 3.97. The quantitative estimate of drug-likeness (QED) is 0.749. The monoisotopic (exact) mass is 428 g/mol. The van der Waals surface area contributed by atoms with Crippen LogP contribution in [0.15, 0.2) is 47.5 Å². The lowest BCUT2D eigenvalue weighted by Gasteiger charge is -2.26. The smallest absolute Gasteiger partial charge is 0.252 e. The van der Waals surface area contributed by atoms with Crippen LogP contribution >= 0.6 is 11.8 Å². The Morgan fingerprint density at radius 2 is 1.86 bits per heavy atom. The van der Waals surface area contributed by atoms with Gasteiger partial charge in [-0.05, 0) is 43.5 Å². The molecular formula is C22H24N2O3S2. The van der Waals surface area contributed by atoms with E-state index in [2.05, 4.69) is 4.99 Å². The van der Waals surface area contributed by atoms with Crippen molar-refractivity contribution in [2.24, 2.45) is 4.99 Å². The molecule has 1 amide bonds. The molecule has 0 unspecified atom stereocenters. The van der Waals surface area contributed by atoms with Crippen molar-refractivity contribution in [3.05, 3.63) is 64.7 Å². The van der Waals surface area contributed by atoms with Crippen LogP contribution in [-0.4, -0.2) is 42.3 Å². The first-order valence-corrected chi connectivity index (χ1v) is 12.3. The Bertz CT molecular complexity index is 1110. The minimum atomic E-state index is -3.08. The van der Waals surface area contributed by atoms with Crippen molar-refractivity contribution in [3.8, 4) is 0 Å². The average Bonchev–Trinajstić information content (AvgIpc) is 3.08. The highest BCUT2D eigenvalue weighted by Gasteiger charge is 2.49. The van der Waals surface area contributed by atoms with Gasteiger partial charge in [-0.15, -0.1) is 0 Å². The predicted molar refractivity (Wildman–Crippen MR) is 120 cm³/mol. The van der Waals surface area contributed by atoms with E-state index >= 15 is 0 Å². The summed E-state index contributed by atoms with van der Waals surface area (Å²) >= 11 is 1.42. The van der Waals surface area contributed by atoms with Crippen LogP contribution in [0.4, 0.5) is 5.69 Å². The van der Waals surface area contributed by atoms with E-state index in [0.29, 0.717) is 5.17 Å². The van der Waals surface area contributed by atoms with Crippen molar-refractivity contribution < 1.29 is 13.2 Å². The lowest BCUT2D eigenvalue weighted by Crippen LogP contribution is -2.38. The molecule has 2 fully saturated rings. The van der Waals surface area contributed by atoms with Crippen LogP contribution in [0.25, 0.3) is 0 Å². The molecule has 0 spiro atoms. The van der Waals surface area contributed by atoms with Crippen LogP contribution in [0.5, 0.6) is 0 Å². The van der Waals surface area contributed by atoms with Gasteiger partial charge in [0.15, 0.2) is 15.0 Å². The second kappa shape index (κ2) is 7.61. The number of fused-ring (bicyclic) bond motifs is 1. The number of amidine groups is 1. The highest BCUT2D eigenvalue weighted by molar-refractivity contribution is 8.16. The largest absolute Gasteiger partial charge is 0.315 e. The van der Waals surface area contributed by atoms with Crippen molar-refractivity contribution >= 4 is 38.4 Å². The summed E-state index contributed by atoms with van der Waals surface area (Å²) in [6.07, 6.45) is 0.236. The number of hydrogen-bond acceptors (Lipinski definition) is 4. The van der Waals surface area contributed by atoms with Gasteiger partial charge >= 0.3 is 0 Å². The van der Waals surface area contributed by atoms with E-state index in [1.807, 2.05) is 68.1 Å². The fourth-order valence-corrected chi connectivity index (χ4v) is 7.89. The molecule has 4 rings (SSSR count). The van der Waals surface area contributed by atoms with Crippen molar-refractivity contribution in [3.63, 3.8) is 0 Å². The topological polar surface area (TPSA) is 66.8 Å². The molecule has 29 heavy (non-hydrogen) atoms. The number of thioether (sulfide) groups is 1. The van der Waals surface area contributed by atoms with E-state index < -0.39 is 9.84 Å². The molecule has 2 heterocycles. The normalized spacial score (nSPS) is 24.1. The van der Waals surface area contributed by atoms with E-state index in [0.717, 1.165) is 27.9 Å². The molecule has 0 bridgehead atoms. The zero-order valence-corrected chi connectivity index (χ0v) is 18.4. The molecule has 152 valence electrons. The van der Waals surface area contributed by atoms with Crippen LogP contribution in [0.3, 0.4) is 0 Å². The molecule has 2 aliphatic heterocycles. The van der Waals surface area contributed by atoms with Gasteiger partial charge in [0, 0.05) is 10.9 Å². The van der Waals surface area contributed by atoms with Crippen LogP contribution < -0.4 is 4.90 Å². The third-order valence-electron chi connectivity index (χ3n) is 5.35.